The summed E-state index contributed by atoms with van der Waals surface area (Å²) >= 11 is 0. The molecule has 6 nitrogen and oxygen atoms in total. The van der Waals surface area contributed by atoms with Crippen molar-refractivity contribution in [2.24, 2.45) is 74.4 Å². The summed E-state index contributed by atoms with van der Waals surface area (Å²) in [5.41, 5.74) is 1.50. The van der Waals surface area contributed by atoms with Gasteiger partial charge in [-0.25, -0.2) is 0 Å². The quantitative estimate of drug-likeness (QED) is 0.295. The highest BCUT2D eigenvalue weighted by atomic mass is 16.3. The van der Waals surface area contributed by atoms with Gasteiger partial charge in [0.2, 0.25) is 11.8 Å². The van der Waals surface area contributed by atoms with Gasteiger partial charge in [-0.15, -0.1) is 0 Å². The first-order valence-corrected chi connectivity index (χ1v) is 20.6. The Morgan fingerprint density at radius 1 is 0.816 bits per heavy atom. The lowest BCUT2D eigenvalue weighted by molar-refractivity contribution is -0.246. The normalized spacial score (nSPS) is 48.7. The summed E-state index contributed by atoms with van der Waals surface area (Å²) in [6, 6.07) is 0.0492. The summed E-state index contributed by atoms with van der Waals surface area (Å²) in [4.78, 5) is 33.0. The smallest absolute Gasteiger partial charge is 0.226 e. The van der Waals surface area contributed by atoms with Crippen LogP contribution in [0.5, 0.6) is 0 Å². The number of nitrogens with zero attached hydrogens (tertiary/aromatic N) is 2. The van der Waals surface area contributed by atoms with E-state index in [1.54, 1.807) is 0 Å². The van der Waals surface area contributed by atoms with Crippen molar-refractivity contribution in [3.63, 3.8) is 0 Å². The van der Waals surface area contributed by atoms with E-state index in [4.69, 9.17) is 0 Å². The molecule has 7 aliphatic rings. The Morgan fingerprint density at radius 2 is 1.51 bits per heavy atom. The molecule has 0 aromatic rings. The molecule has 276 valence electrons. The third-order valence-corrected chi connectivity index (χ3v) is 18.3. The van der Waals surface area contributed by atoms with Crippen molar-refractivity contribution in [1.29, 1.82) is 0 Å². The molecule has 7 rings (SSSR count). The highest BCUT2D eigenvalue weighted by Gasteiger charge is 2.70. The van der Waals surface area contributed by atoms with Crippen molar-refractivity contribution < 1.29 is 14.7 Å². The van der Waals surface area contributed by atoms with E-state index in [0.717, 1.165) is 64.8 Å². The number of allylic oxidation sites excluding steroid dienone is 1. The van der Waals surface area contributed by atoms with Crippen LogP contribution in [-0.4, -0.2) is 71.6 Å². The third-order valence-electron chi connectivity index (χ3n) is 18.3. The number of hydrogen-bond acceptors (Lipinski definition) is 4. The zero-order chi connectivity index (χ0) is 35.5. The molecule has 7 fully saturated rings. The second-order valence-electron chi connectivity index (χ2n) is 20.6. The molecule has 0 aromatic heterocycles. The van der Waals surface area contributed by atoms with Gasteiger partial charge >= 0.3 is 0 Å². The lowest BCUT2D eigenvalue weighted by Crippen LogP contribution is -2.68. The van der Waals surface area contributed by atoms with Gasteiger partial charge < -0.3 is 20.2 Å². The van der Waals surface area contributed by atoms with Crippen LogP contribution >= 0.6 is 0 Å². The van der Waals surface area contributed by atoms with E-state index in [1.807, 2.05) is 0 Å². The van der Waals surface area contributed by atoms with Gasteiger partial charge in [0.1, 0.15) is 0 Å². The monoisotopic (exact) mass is 678 g/mol. The SMILES string of the molecule is C=C(C)[C@@H]1CCC2C1[C@H]1CC[C@@H]3[C@@]4(C)CC[C@H](O)C(C)(C)[C@@H]4CC[C@@]3(C)[C@]1(C)C[C@@H]2C(=O)N[C@H]1C[C@@H](C(=O)N2CCN(CC)CC2)C1(C)C. The van der Waals surface area contributed by atoms with Gasteiger partial charge in [-0.3, -0.25) is 9.59 Å². The van der Waals surface area contributed by atoms with Crippen molar-refractivity contribution in [2.45, 2.75) is 139 Å². The van der Waals surface area contributed by atoms with E-state index in [-0.39, 0.29) is 57.0 Å². The molecule has 1 saturated heterocycles. The maximum absolute atomic E-state index is 14.8. The molecular weight excluding hydrogens is 606 g/mol. The van der Waals surface area contributed by atoms with Crippen molar-refractivity contribution in [1.82, 2.24) is 15.1 Å². The fourth-order valence-corrected chi connectivity index (χ4v) is 14.9. The van der Waals surface area contributed by atoms with E-state index >= 15 is 0 Å². The van der Waals surface area contributed by atoms with Crippen LogP contribution < -0.4 is 5.32 Å². The molecular formula is C43H71N3O3. The van der Waals surface area contributed by atoms with Crippen LogP contribution in [-0.2, 0) is 9.59 Å². The largest absolute Gasteiger partial charge is 0.393 e. The van der Waals surface area contributed by atoms with Crippen LogP contribution in [0.3, 0.4) is 0 Å². The van der Waals surface area contributed by atoms with Gasteiger partial charge in [-0.05, 0) is 140 Å². The topological polar surface area (TPSA) is 72.9 Å². The average Bonchev–Trinajstić information content (AvgIpc) is 3.50. The van der Waals surface area contributed by atoms with Crippen molar-refractivity contribution >= 4 is 11.8 Å². The summed E-state index contributed by atoms with van der Waals surface area (Å²) in [7, 11) is 0. The zero-order valence-corrected chi connectivity index (χ0v) is 32.7. The highest BCUT2D eigenvalue weighted by molar-refractivity contribution is 5.83. The van der Waals surface area contributed by atoms with E-state index in [9.17, 15) is 14.7 Å². The minimum absolute atomic E-state index is 0.0153. The minimum atomic E-state index is -0.238. The van der Waals surface area contributed by atoms with Crippen molar-refractivity contribution in [3.8, 4) is 0 Å². The Bertz CT molecular complexity index is 1330. The molecule has 2 amide bonds. The number of likely N-dealkylation sites (N-methyl/N-ethyl adjacent to an activating group) is 1. The highest BCUT2D eigenvalue weighted by Crippen LogP contribution is 2.76. The molecule has 0 aromatic carbocycles. The Morgan fingerprint density at radius 3 is 2.14 bits per heavy atom. The number of nitrogens with one attached hydrogen (secondary N) is 1. The number of aliphatic hydroxyl groups excluding tert-OH is 1. The van der Waals surface area contributed by atoms with Crippen LogP contribution in [0.2, 0.25) is 0 Å². The molecule has 6 saturated carbocycles. The summed E-state index contributed by atoms with van der Waals surface area (Å²) in [6.07, 6.45) is 10.8. The van der Waals surface area contributed by atoms with Gasteiger partial charge in [-0.1, -0.05) is 67.5 Å². The summed E-state index contributed by atoms with van der Waals surface area (Å²) in [5.74, 6) is 3.82. The molecule has 0 spiro atoms. The molecule has 1 aliphatic heterocycles. The second kappa shape index (κ2) is 12.1. The Hall–Kier alpha value is -1.40. The Balaban J connectivity index is 1.14. The number of aliphatic hydroxyl groups is 1. The molecule has 2 N–H and O–H groups in total. The number of rotatable bonds is 5. The first-order chi connectivity index (χ1) is 22.9. The number of carbonyl (C=O) groups excluding carboxylic acids is 2. The summed E-state index contributed by atoms with van der Waals surface area (Å²) in [6.45, 7) is 30.6. The van der Waals surface area contributed by atoms with Gasteiger partial charge in [0, 0.05) is 44.1 Å². The molecule has 0 bridgehead atoms. The average molecular weight is 678 g/mol. The van der Waals surface area contributed by atoms with Crippen molar-refractivity contribution in [2.75, 3.05) is 32.7 Å². The first kappa shape index (κ1) is 36.0. The maximum atomic E-state index is 14.8. The molecule has 49 heavy (non-hydrogen) atoms. The maximum Gasteiger partial charge on any atom is 0.226 e. The van der Waals surface area contributed by atoms with Crippen LogP contribution in [0.4, 0.5) is 0 Å². The molecule has 0 radical (unpaired) electrons. The molecule has 13 atom stereocenters. The molecule has 6 heteroatoms. The van der Waals surface area contributed by atoms with Gasteiger partial charge in [0.25, 0.3) is 0 Å². The number of carbonyl (C=O) groups is 2. The van der Waals surface area contributed by atoms with Gasteiger partial charge in [-0.2, -0.15) is 0 Å². The van der Waals surface area contributed by atoms with Crippen LogP contribution in [0, 0.1) is 74.4 Å². The fourth-order valence-electron chi connectivity index (χ4n) is 14.9. The first-order valence-electron chi connectivity index (χ1n) is 20.6. The van der Waals surface area contributed by atoms with Crippen LogP contribution in [0.25, 0.3) is 0 Å². The number of amides is 2. The van der Waals surface area contributed by atoms with Gasteiger partial charge in [0.15, 0.2) is 0 Å². The van der Waals surface area contributed by atoms with Crippen LogP contribution in [0.15, 0.2) is 12.2 Å². The third kappa shape index (κ3) is 5.12. The predicted octanol–water partition coefficient (Wildman–Crippen LogP) is 7.56. The predicted molar refractivity (Wildman–Crippen MR) is 197 cm³/mol. The molecule has 6 aliphatic carbocycles. The number of piperazine rings is 1. The zero-order valence-electron chi connectivity index (χ0n) is 32.7. The number of hydrogen-bond donors (Lipinski definition) is 2. The molecule has 2 unspecified atom stereocenters. The Labute approximate surface area is 299 Å². The lowest BCUT2D eigenvalue weighted by atomic mass is 9.32. The van der Waals surface area contributed by atoms with E-state index < -0.39 is 0 Å². The van der Waals surface area contributed by atoms with E-state index in [1.165, 1.54) is 37.7 Å². The lowest BCUT2D eigenvalue weighted by Gasteiger charge is -2.72. The standard InChI is InChI=1S/C43H71N3O3/c1-11-45-20-22-46(23-21-45)38(49)31-24-34(39(31,4)5)44-37(48)29-25-43(10)30(36-27(26(2)3)12-13-28(29)36)14-15-33-41(8)18-17-35(47)40(6,7)32(41)16-19-42(33,43)9/h27-36,47H,2,11-25H2,1,3-10H3,(H,44,48)/t27-,28?,29-,30+,31-,32-,33+,34-,35-,36?,41-,42+,43+/m0/s1. The van der Waals surface area contributed by atoms with Crippen LogP contribution in [0.1, 0.15) is 127 Å². The number of fused-ring (bicyclic) bond motifs is 7. The van der Waals surface area contributed by atoms with E-state index in [2.05, 4.69) is 84.0 Å². The fraction of sp³-hybridized carbons (Fsp3) is 0.907. The second-order valence-corrected chi connectivity index (χ2v) is 20.6. The van der Waals surface area contributed by atoms with E-state index in [0.29, 0.717) is 41.4 Å². The Kier molecular flexibility index (Phi) is 8.86. The van der Waals surface area contributed by atoms with Gasteiger partial charge in [0.05, 0.1) is 6.10 Å². The summed E-state index contributed by atoms with van der Waals surface area (Å²) < 4.78 is 0. The summed E-state index contributed by atoms with van der Waals surface area (Å²) in [5, 5.41) is 14.8. The van der Waals surface area contributed by atoms with Crippen molar-refractivity contribution in [3.05, 3.63) is 12.2 Å². The minimum Gasteiger partial charge on any atom is -0.393 e. The molecule has 1 heterocycles.